The zero-order valence-electron chi connectivity index (χ0n) is 9.89. The Bertz CT molecular complexity index is 516. The van der Waals surface area contributed by atoms with E-state index in [0.717, 1.165) is 30.3 Å². The summed E-state index contributed by atoms with van der Waals surface area (Å²) in [5.74, 6) is 2.33. The second-order valence-corrected chi connectivity index (χ2v) is 4.40. The summed E-state index contributed by atoms with van der Waals surface area (Å²) in [6, 6.07) is 3.85. The first kappa shape index (κ1) is 10.5. The van der Waals surface area contributed by atoms with Crippen LogP contribution in [0.4, 0.5) is 0 Å². The predicted octanol–water partition coefficient (Wildman–Crippen LogP) is 1.20. The molecule has 1 aliphatic rings. The molecule has 17 heavy (non-hydrogen) atoms. The fourth-order valence-corrected chi connectivity index (χ4v) is 2.37. The van der Waals surface area contributed by atoms with E-state index in [1.165, 1.54) is 12.8 Å². The number of methoxy groups -OCH3 is 1. The summed E-state index contributed by atoms with van der Waals surface area (Å²) in [6.07, 6.45) is 4.37. The van der Waals surface area contributed by atoms with Crippen molar-refractivity contribution in [1.29, 1.82) is 0 Å². The second-order valence-electron chi connectivity index (χ2n) is 4.40. The lowest BCUT2D eigenvalue weighted by atomic mass is 9.99. The molecule has 0 spiro atoms. The Labute approximate surface area is 99.8 Å². The fraction of sp³-hybridized carbons (Fsp3) is 0.500. The zero-order chi connectivity index (χ0) is 11.7. The molecule has 0 saturated carbocycles. The molecule has 5 heteroatoms. The molecule has 1 N–H and O–H groups in total. The van der Waals surface area contributed by atoms with Crippen molar-refractivity contribution < 1.29 is 4.74 Å². The molecule has 1 aliphatic heterocycles. The SMILES string of the molecule is COc1ccn2c(C3CCCNC3)nnc2c1. The van der Waals surface area contributed by atoms with E-state index < -0.39 is 0 Å². The second kappa shape index (κ2) is 4.33. The summed E-state index contributed by atoms with van der Waals surface area (Å²) in [6.45, 7) is 2.11. The van der Waals surface area contributed by atoms with Gasteiger partial charge in [0.15, 0.2) is 5.65 Å². The van der Waals surface area contributed by atoms with E-state index in [2.05, 4.69) is 19.9 Å². The molecule has 0 aliphatic carbocycles. The average Bonchev–Trinajstić information content (AvgIpc) is 2.82. The summed E-state index contributed by atoms with van der Waals surface area (Å²) in [7, 11) is 1.66. The van der Waals surface area contributed by atoms with E-state index in [1.807, 2.05) is 18.3 Å². The lowest BCUT2D eigenvalue weighted by molar-refractivity contribution is 0.414. The van der Waals surface area contributed by atoms with Crippen molar-refractivity contribution in [2.24, 2.45) is 0 Å². The largest absolute Gasteiger partial charge is 0.497 e. The van der Waals surface area contributed by atoms with Gasteiger partial charge in [0.1, 0.15) is 11.6 Å². The number of nitrogens with zero attached hydrogens (tertiary/aromatic N) is 3. The first-order chi connectivity index (χ1) is 8.38. The quantitative estimate of drug-likeness (QED) is 0.845. The summed E-state index contributed by atoms with van der Waals surface area (Å²) in [4.78, 5) is 0. The number of nitrogens with one attached hydrogen (secondary N) is 1. The van der Waals surface area contributed by atoms with Crippen LogP contribution in [0, 0.1) is 0 Å². The maximum atomic E-state index is 5.18. The maximum absolute atomic E-state index is 5.18. The van der Waals surface area contributed by atoms with Gasteiger partial charge in [-0.25, -0.2) is 0 Å². The van der Waals surface area contributed by atoms with Crippen LogP contribution in [0.25, 0.3) is 5.65 Å². The number of fused-ring (bicyclic) bond motifs is 1. The van der Waals surface area contributed by atoms with E-state index in [1.54, 1.807) is 7.11 Å². The highest BCUT2D eigenvalue weighted by Gasteiger charge is 2.20. The van der Waals surface area contributed by atoms with Gasteiger partial charge >= 0.3 is 0 Å². The Morgan fingerprint density at radius 2 is 2.41 bits per heavy atom. The number of hydrogen-bond acceptors (Lipinski definition) is 4. The molecule has 1 fully saturated rings. The molecule has 0 aromatic carbocycles. The van der Waals surface area contributed by atoms with Crippen LogP contribution < -0.4 is 10.1 Å². The molecule has 3 heterocycles. The minimum absolute atomic E-state index is 0.465. The van der Waals surface area contributed by atoms with Crippen molar-refractivity contribution in [2.75, 3.05) is 20.2 Å². The molecule has 1 saturated heterocycles. The number of hydrogen-bond donors (Lipinski definition) is 1. The third kappa shape index (κ3) is 1.86. The Balaban J connectivity index is 1.99. The Morgan fingerprint density at radius 3 is 3.18 bits per heavy atom. The molecule has 1 unspecified atom stereocenters. The first-order valence-corrected chi connectivity index (χ1v) is 5.98. The summed E-state index contributed by atoms with van der Waals surface area (Å²) in [5.41, 5.74) is 0.852. The van der Waals surface area contributed by atoms with Crippen LogP contribution in [-0.4, -0.2) is 34.8 Å². The minimum Gasteiger partial charge on any atom is -0.497 e. The number of ether oxygens (including phenoxy) is 1. The Morgan fingerprint density at radius 1 is 1.47 bits per heavy atom. The van der Waals surface area contributed by atoms with E-state index in [-0.39, 0.29) is 0 Å². The number of rotatable bonds is 2. The van der Waals surface area contributed by atoms with Crippen LogP contribution in [0.3, 0.4) is 0 Å². The predicted molar refractivity (Wildman–Crippen MR) is 64.4 cm³/mol. The van der Waals surface area contributed by atoms with Crippen LogP contribution in [0.2, 0.25) is 0 Å². The molecule has 90 valence electrons. The Hall–Kier alpha value is -1.62. The molecular weight excluding hydrogens is 216 g/mol. The van der Waals surface area contributed by atoms with Gasteiger partial charge in [-0.1, -0.05) is 0 Å². The monoisotopic (exact) mass is 232 g/mol. The van der Waals surface area contributed by atoms with Crippen molar-refractivity contribution >= 4 is 5.65 Å². The van der Waals surface area contributed by atoms with Gasteiger partial charge in [-0.05, 0) is 25.5 Å². The molecule has 0 amide bonds. The van der Waals surface area contributed by atoms with Gasteiger partial charge in [0.25, 0.3) is 0 Å². The number of piperidine rings is 1. The average molecular weight is 232 g/mol. The van der Waals surface area contributed by atoms with Gasteiger partial charge in [0.05, 0.1) is 7.11 Å². The number of pyridine rings is 1. The fourth-order valence-electron chi connectivity index (χ4n) is 2.37. The third-order valence-electron chi connectivity index (χ3n) is 3.31. The molecule has 1 atom stereocenters. The van der Waals surface area contributed by atoms with Crippen molar-refractivity contribution in [3.05, 3.63) is 24.2 Å². The molecule has 2 aromatic heterocycles. The maximum Gasteiger partial charge on any atom is 0.164 e. The summed E-state index contributed by atoms with van der Waals surface area (Å²) >= 11 is 0. The summed E-state index contributed by atoms with van der Waals surface area (Å²) < 4.78 is 7.24. The lowest BCUT2D eigenvalue weighted by Crippen LogP contribution is -2.29. The standard InChI is InChI=1S/C12H16N4O/c1-17-10-4-6-16-11(7-10)14-15-12(16)9-3-2-5-13-8-9/h4,6-7,9,13H,2-3,5,8H2,1H3. The molecule has 0 bridgehead atoms. The van der Waals surface area contributed by atoms with Crippen molar-refractivity contribution in [3.63, 3.8) is 0 Å². The molecular formula is C12H16N4O. The lowest BCUT2D eigenvalue weighted by Gasteiger charge is -2.21. The van der Waals surface area contributed by atoms with E-state index in [9.17, 15) is 0 Å². The minimum atomic E-state index is 0.465. The van der Waals surface area contributed by atoms with Crippen LogP contribution in [0.15, 0.2) is 18.3 Å². The third-order valence-corrected chi connectivity index (χ3v) is 3.31. The normalized spacial score (nSPS) is 20.6. The topological polar surface area (TPSA) is 51.5 Å². The van der Waals surface area contributed by atoms with Crippen molar-refractivity contribution in [2.45, 2.75) is 18.8 Å². The van der Waals surface area contributed by atoms with Crippen molar-refractivity contribution in [3.8, 4) is 5.75 Å². The van der Waals surface area contributed by atoms with Gasteiger partial charge in [-0.15, -0.1) is 10.2 Å². The van der Waals surface area contributed by atoms with E-state index >= 15 is 0 Å². The van der Waals surface area contributed by atoms with Crippen LogP contribution in [0.1, 0.15) is 24.6 Å². The van der Waals surface area contributed by atoms with Crippen LogP contribution >= 0.6 is 0 Å². The molecule has 2 aromatic rings. The Kier molecular flexibility index (Phi) is 2.68. The van der Waals surface area contributed by atoms with Gasteiger partial charge in [-0.2, -0.15) is 0 Å². The van der Waals surface area contributed by atoms with Crippen LogP contribution in [0.5, 0.6) is 5.75 Å². The zero-order valence-corrected chi connectivity index (χ0v) is 9.89. The number of aromatic nitrogens is 3. The highest BCUT2D eigenvalue weighted by Crippen LogP contribution is 2.23. The highest BCUT2D eigenvalue weighted by molar-refractivity contribution is 5.44. The van der Waals surface area contributed by atoms with E-state index in [4.69, 9.17) is 4.74 Å². The highest BCUT2D eigenvalue weighted by atomic mass is 16.5. The smallest absolute Gasteiger partial charge is 0.164 e. The first-order valence-electron chi connectivity index (χ1n) is 5.98. The molecule has 3 rings (SSSR count). The van der Waals surface area contributed by atoms with Gasteiger partial charge in [-0.3, -0.25) is 4.40 Å². The van der Waals surface area contributed by atoms with Gasteiger partial charge in [0.2, 0.25) is 0 Å². The summed E-state index contributed by atoms with van der Waals surface area (Å²) in [5, 5.41) is 11.9. The molecule has 5 nitrogen and oxygen atoms in total. The van der Waals surface area contributed by atoms with Crippen molar-refractivity contribution in [1.82, 2.24) is 19.9 Å². The van der Waals surface area contributed by atoms with Gasteiger partial charge < -0.3 is 10.1 Å². The van der Waals surface area contributed by atoms with Crippen LogP contribution in [-0.2, 0) is 0 Å². The molecule has 0 radical (unpaired) electrons. The van der Waals surface area contributed by atoms with Gasteiger partial charge in [0, 0.05) is 24.7 Å². The van der Waals surface area contributed by atoms with E-state index in [0.29, 0.717) is 5.92 Å².